The quantitative estimate of drug-likeness (QED) is 0.104. The van der Waals surface area contributed by atoms with E-state index in [2.05, 4.69) is 29.4 Å². The van der Waals surface area contributed by atoms with E-state index in [1.807, 2.05) is 24.3 Å². The SMILES string of the molecule is O=C(O)C(CCCCCCc1ccccc1)CC(=NO)c1ccc2c3c(oc2c1)CCCCC3. The number of benzene rings is 2. The zero-order chi connectivity index (χ0) is 23.8. The van der Waals surface area contributed by atoms with E-state index in [4.69, 9.17) is 4.42 Å². The molecular weight excluding hydrogens is 426 g/mol. The Hall–Kier alpha value is -3.08. The second kappa shape index (κ2) is 11.9. The largest absolute Gasteiger partial charge is 0.481 e. The molecule has 1 heterocycles. The van der Waals surface area contributed by atoms with Gasteiger partial charge in [0, 0.05) is 29.4 Å². The molecule has 0 amide bonds. The number of aryl methyl sites for hydroxylation is 3. The van der Waals surface area contributed by atoms with Crippen LogP contribution >= 0.6 is 0 Å². The third-order valence-corrected chi connectivity index (χ3v) is 7.06. The molecule has 5 heteroatoms. The highest BCUT2D eigenvalue weighted by Gasteiger charge is 2.22. The maximum atomic E-state index is 11.9. The number of carbonyl (C=O) groups is 1. The fourth-order valence-electron chi connectivity index (χ4n) is 5.10. The summed E-state index contributed by atoms with van der Waals surface area (Å²) in [6, 6.07) is 16.3. The molecule has 1 unspecified atom stereocenters. The van der Waals surface area contributed by atoms with Crippen LogP contribution in [0.4, 0.5) is 0 Å². The molecule has 180 valence electrons. The first-order chi connectivity index (χ1) is 16.7. The van der Waals surface area contributed by atoms with Gasteiger partial charge in [0.1, 0.15) is 11.3 Å². The van der Waals surface area contributed by atoms with Crippen LogP contribution in [0, 0.1) is 5.92 Å². The van der Waals surface area contributed by atoms with Crippen molar-refractivity contribution in [2.75, 3.05) is 0 Å². The smallest absolute Gasteiger partial charge is 0.306 e. The van der Waals surface area contributed by atoms with Crippen LogP contribution in [0.25, 0.3) is 11.0 Å². The zero-order valence-corrected chi connectivity index (χ0v) is 19.8. The molecule has 2 N–H and O–H groups in total. The molecule has 1 aliphatic rings. The van der Waals surface area contributed by atoms with Crippen molar-refractivity contribution in [3.63, 3.8) is 0 Å². The van der Waals surface area contributed by atoms with Gasteiger partial charge in [-0.05, 0) is 50.2 Å². The van der Waals surface area contributed by atoms with Crippen molar-refractivity contribution in [3.8, 4) is 0 Å². The minimum absolute atomic E-state index is 0.210. The van der Waals surface area contributed by atoms with Crippen molar-refractivity contribution in [1.82, 2.24) is 0 Å². The molecule has 0 radical (unpaired) electrons. The van der Waals surface area contributed by atoms with E-state index in [0.29, 0.717) is 12.1 Å². The monoisotopic (exact) mass is 461 g/mol. The van der Waals surface area contributed by atoms with Gasteiger partial charge < -0.3 is 14.7 Å². The number of rotatable bonds is 11. The summed E-state index contributed by atoms with van der Waals surface area (Å²) < 4.78 is 6.14. The summed E-state index contributed by atoms with van der Waals surface area (Å²) in [4.78, 5) is 11.9. The summed E-state index contributed by atoms with van der Waals surface area (Å²) in [5.41, 5.74) is 4.59. The number of hydrogen-bond donors (Lipinski definition) is 2. The number of unbranched alkanes of at least 4 members (excludes halogenated alkanes) is 3. The molecule has 0 saturated heterocycles. The Morgan fingerprint density at radius 2 is 1.76 bits per heavy atom. The number of carboxylic acid groups (broad SMARTS) is 1. The second-order valence-electron chi connectivity index (χ2n) is 9.50. The average molecular weight is 462 g/mol. The highest BCUT2D eigenvalue weighted by Crippen LogP contribution is 2.32. The van der Waals surface area contributed by atoms with Gasteiger partial charge >= 0.3 is 5.97 Å². The lowest BCUT2D eigenvalue weighted by Gasteiger charge is -2.13. The Morgan fingerprint density at radius 1 is 0.971 bits per heavy atom. The van der Waals surface area contributed by atoms with Gasteiger partial charge in [0.05, 0.1) is 11.6 Å². The predicted molar refractivity (Wildman–Crippen MR) is 135 cm³/mol. The van der Waals surface area contributed by atoms with Gasteiger partial charge in [-0.25, -0.2) is 0 Å². The Labute approximate surface area is 201 Å². The van der Waals surface area contributed by atoms with Crippen molar-refractivity contribution in [2.45, 2.75) is 77.0 Å². The van der Waals surface area contributed by atoms with Gasteiger partial charge in [0.15, 0.2) is 0 Å². The molecule has 0 fully saturated rings. The van der Waals surface area contributed by atoms with Crippen molar-refractivity contribution in [2.24, 2.45) is 11.1 Å². The number of oxime groups is 1. The van der Waals surface area contributed by atoms with Crippen LogP contribution in [0.5, 0.6) is 0 Å². The molecule has 0 saturated carbocycles. The van der Waals surface area contributed by atoms with E-state index in [1.165, 1.54) is 24.0 Å². The Bertz CT molecular complexity index is 1120. The number of carboxylic acids is 1. The first-order valence-electron chi connectivity index (χ1n) is 12.7. The van der Waals surface area contributed by atoms with Gasteiger partial charge in [-0.15, -0.1) is 0 Å². The molecule has 1 aromatic heterocycles. The van der Waals surface area contributed by atoms with Crippen molar-refractivity contribution in [3.05, 3.63) is 71.0 Å². The summed E-state index contributed by atoms with van der Waals surface area (Å²) in [5, 5.41) is 24.1. The molecule has 5 nitrogen and oxygen atoms in total. The Morgan fingerprint density at radius 3 is 2.56 bits per heavy atom. The summed E-state index contributed by atoms with van der Waals surface area (Å²) in [5.74, 6) is -0.330. The van der Waals surface area contributed by atoms with Crippen LogP contribution in [0.1, 0.15) is 80.2 Å². The molecule has 0 aliphatic heterocycles. The van der Waals surface area contributed by atoms with Crippen molar-refractivity contribution < 1.29 is 19.5 Å². The third-order valence-electron chi connectivity index (χ3n) is 7.06. The molecule has 2 aromatic carbocycles. The number of nitrogens with zero attached hydrogens (tertiary/aromatic N) is 1. The fraction of sp³-hybridized carbons (Fsp3) is 0.448. The summed E-state index contributed by atoms with van der Waals surface area (Å²) in [6.45, 7) is 0. The van der Waals surface area contributed by atoms with Crippen LogP contribution < -0.4 is 0 Å². The Balaban J connectivity index is 1.33. The highest BCUT2D eigenvalue weighted by molar-refractivity contribution is 6.04. The van der Waals surface area contributed by atoms with Crippen LogP contribution in [-0.2, 0) is 24.1 Å². The number of hydrogen-bond acceptors (Lipinski definition) is 4. The molecule has 34 heavy (non-hydrogen) atoms. The topological polar surface area (TPSA) is 83.0 Å². The van der Waals surface area contributed by atoms with E-state index in [0.717, 1.165) is 73.7 Å². The van der Waals surface area contributed by atoms with E-state index >= 15 is 0 Å². The van der Waals surface area contributed by atoms with E-state index < -0.39 is 11.9 Å². The fourth-order valence-corrected chi connectivity index (χ4v) is 5.10. The average Bonchev–Trinajstić information content (AvgIpc) is 3.03. The highest BCUT2D eigenvalue weighted by atomic mass is 16.4. The minimum Gasteiger partial charge on any atom is -0.481 e. The normalized spacial score (nSPS) is 15.1. The molecule has 4 rings (SSSR count). The molecule has 3 aromatic rings. The summed E-state index contributed by atoms with van der Waals surface area (Å²) in [7, 11) is 0. The standard InChI is InChI=1S/C29H35NO4/c31-29(32)23(14-8-2-1-5-11-21-12-6-3-7-13-21)19-26(30-33)22-17-18-25-24-15-9-4-10-16-27(24)34-28(25)20-22/h3,6-7,12-13,17-18,20,23,33H,1-2,4-5,8-11,14-16,19H2,(H,31,32). The first kappa shape index (κ1) is 24.1. The van der Waals surface area contributed by atoms with Gasteiger partial charge in [-0.3, -0.25) is 4.79 Å². The molecular formula is C29H35NO4. The van der Waals surface area contributed by atoms with Crippen molar-refractivity contribution >= 4 is 22.7 Å². The van der Waals surface area contributed by atoms with Gasteiger partial charge in [-0.1, -0.05) is 73.3 Å². The van der Waals surface area contributed by atoms with Crippen LogP contribution in [0.3, 0.4) is 0 Å². The zero-order valence-electron chi connectivity index (χ0n) is 19.8. The lowest BCUT2D eigenvalue weighted by atomic mass is 9.92. The van der Waals surface area contributed by atoms with Crippen LogP contribution in [-0.4, -0.2) is 22.0 Å². The van der Waals surface area contributed by atoms with Crippen molar-refractivity contribution in [1.29, 1.82) is 0 Å². The molecule has 1 atom stereocenters. The van der Waals surface area contributed by atoms with Gasteiger partial charge in [0.25, 0.3) is 0 Å². The summed E-state index contributed by atoms with van der Waals surface area (Å²) in [6.07, 6.45) is 11.5. The second-order valence-corrected chi connectivity index (χ2v) is 9.50. The van der Waals surface area contributed by atoms with E-state index in [-0.39, 0.29) is 6.42 Å². The van der Waals surface area contributed by atoms with Gasteiger partial charge in [0.2, 0.25) is 0 Å². The Kier molecular flexibility index (Phi) is 8.40. The van der Waals surface area contributed by atoms with E-state index in [1.54, 1.807) is 0 Å². The number of aliphatic carboxylic acids is 1. The maximum absolute atomic E-state index is 11.9. The maximum Gasteiger partial charge on any atom is 0.306 e. The molecule has 1 aliphatic carbocycles. The van der Waals surface area contributed by atoms with Crippen LogP contribution in [0.15, 0.2) is 58.1 Å². The predicted octanol–water partition coefficient (Wildman–Crippen LogP) is 7.16. The van der Waals surface area contributed by atoms with Crippen LogP contribution in [0.2, 0.25) is 0 Å². The minimum atomic E-state index is -0.837. The molecule has 0 bridgehead atoms. The first-order valence-corrected chi connectivity index (χ1v) is 12.7. The van der Waals surface area contributed by atoms with E-state index in [9.17, 15) is 15.1 Å². The molecule has 0 spiro atoms. The lowest BCUT2D eigenvalue weighted by Crippen LogP contribution is -2.19. The number of fused-ring (bicyclic) bond motifs is 3. The number of furan rings is 1. The summed E-state index contributed by atoms with van der Waals surface area (Å²) >= 11 is 0. The third kappa shape index (κ3) is 6.07. The lowest BCUT2D eigenvalue weighted by molar-refractivity contribution is -0.141. The van der Waals surface area contributed by atoms with Gasteiger partial charge in [-0.2, -0.15) is 0 Å².